The smallest absolute Gasteiger partial charge is 0.251 e. The van der Waals surface area contributed by atoms with Gasteiger partial charge in [0, 0.05) is 49.0 Å². The normalized spacial score (nSPS) is 18.0. The third-order valence-corrected chi connectivity index (χ3v) is 5.37. The van der Waals surface area contributed by atoms with Crippen molar-refractivity contribution in [1.29, 1.82) is 0 Å². The lowest BCUT2D eigenvalue weighted by molar-refractivity contribution is 0.0607. The standard InChI is InChI=1S/C21H27N3O2/c1-21(2,3)20-23-18(13-24(20)12-14-7-9-26-10-8-14)15-5-4-6-16-17(15)11-22-19(16)25/h4-6,13-14H,7-12H2,1-3H3,(H,22,25). The SMILES string of the molecule is CC(C)(C)c1nc(-c2cccc3c2CNC3=O)cn1CC1CCOCC1. The lowest BCUT2D eigenvalue weighted by atomic mass is 9.94. The molecule has 2 aliphatic rings. The molecule has 0 saturated carbocycles. The second kappa shape index (κ2) is 6.54. The maximum Gasteiger partial charge on any atom is 0.251 e. The number of nitrogens with zero attached hydrogens (tertiary/aromatic N) is 2. The highest BCUT2D eigenvalue weighted by Gasteiger charge is 2.27. The molecule has 0 radical (unpaired) electrons. The maximum absolute atomic E-state index is 12.0. The minimum absolute atomic E-state index is 0.0135. The summed E-state index contributed by atoms with van der Waals surface area (Å²) >= 11 is 0. The molecule has 5 heteroatoms. The predicted molar refractivity (Wildman–Crippen MR) is 101 cm³/mol. The summed E-state index contributed by atoms with van der Waals surface area (Å²) in [7, 11) is 0. The number of hydrogen-bond donors (Lipinski definition) is 1. The molecule has 1 N–H and O–H groups in total. The number of aromatic nitrogens is 2. The molecule has 2 aliphatic heterocycles. The van der Waals surface area contributed by atoms with Crippen molar-refractivity contribution < 1.29 is 9.53 Å². The van der Waals surface area contributed by atoms with Crippen LogP contribution in [0.2, 0.25) is 0 Å². The molecule has 0 spiro atoms. The highest BCUT2D eigenvalue weighted by atomic mass is 16.5. The molecule has 4 rings (SSSR count). The van der Waals surface area contributed by atoms with Crippen LogP contribution in [0.3, 0.4) is 0 Å². The van der Waals surface area contributed by atoms with Gasteiger partial charge in [-0.2, -0.15) is 0 Å². The van der Waals surface area contributed by atoms with Crippen molar-refractivity contribution in [1.82, 2.24) is 14.9 Å². The van der Waals surface area contributed by atoms with E-state index in [2.05, 4.69) is 42.9 Å². The second-order valence-corrected chi connectivity index (χ2v) is 8.42. The highest BCUT2D eigenvalue weighted by Crippen LogP contribution is 2.32. The Hall–Kier alpha value is -2.14. The summed E-state index contributed by atoms with van der Waals surface area (Å²) in [5, 5.41) is 2.93. The molecule has 138 valence electrons. The van der Waals surface area contributed by atoms with Gasteiger partial charge in [0.2, 0.25) is 0 Å². The van der Waals surface area contributed by atoms with Crippen molar-refractivity contribution in [2.24, 2.45) is 5.92 Å². The van der Waals surface area contributed by atoms with E-state index in [1.165, 1.54) is 0 Å². The van der Waals surface area contributed by atoms with Gasteiger partial charge < -0.3 is 14.6 Å². The second-order valence-electron chi connectivity index (χ2n) is 8.42. The molecule has 0 aliphatic carbocycles. The largest absolute Gasteiger partial charge is 0.381 e. The summed E-state index contributed by atoms with van der Waals surface area (Å²) in [4.78, 5) is 17.0. The molecular weight excluding hydrogens is 326 g/mol. The number of ether oxygens (including phenoxy) is 1. The Morgan fingerprint density at radius 3 is 2.69 bits per heavy atom. The van der Waals surface area contributed by atoms with Crippen LogP contribution in [0.5, 0.6) is 0 Å². The fourth-order valence-electron chi connectivity index (χ4n) is 3.98. The Bertz CT molecular complexity index is 826. The zero-order valence-electron chi connectivity index (χ0n) is 15.8. The van der Waals surface area contributed by atoms with Crippen molar-refractivity contribution in [3.05, 3.63) is 41.3 Å². The van der Waals surface area contributed by atoms with Crippen LogP contribution >= 0.6 is 0 Å². The number of carbonyl (C=O) groups excluding carboxylic acids is 1. The van der Waals surface area contributed by atoms with Gasteiger partial charge in [0.25, 0.3) is 5.91 Å². The van der Waals surface area contributed by atoms with Crippen LogP contribution in [0.25, 0.3) is 11.3 Å². The fourth-order valence-corrected chi connectivity index (χ4v) is 3.98. The number of amides is 1. The van der Waals surface area contributed by atoms with Crippen LogP contribution in [-0.4, -0.2) is 28.7 Å². The van der Waals surface area contributed by atoms with Gasteiger partial charge in [-0.1, -0.05) is 32.9 Å². The Morgan fingerprint density at radius 1 is 1.23 bits per heavy atom. The molecular formula is C21H27N3O2. The molecule has 0 bridgehead atoms. The number of carbonyl (C=O) groups is 1. The Morgan fingerprint density at radius 2 is 1.96 bits per heavy atom. The molecule has 2 aromatic rings. The van der Waals surface area contributed by atoms with Gasteiger partial charge in [-0.15, -0.1) is 0 Å². The van der Waals surface area contributed by atoms with E-state index in [4.69, 9.17) is 9.72 Å². The van der Waals surface area contributed by atoms with E-state index >= 15 is 0 Å². The molecule has 0 atom stereocenters. The first kappa shape index (κ1) is 17.3. The first-order valence-electron chi connectivity index (χ1n) is 9.49. The first-order chi connectivity index (χ1) is 12.4. The number of benzene rings is 1. The van der Waals surface area contributed by atoms with Crippen molar-refractivity contribution in [2.75, 3.05) is 13.2 Å². The molecule has 0 unspecified atom stereocenters. The third kappa shape index (κ3) is 3.16. The van der Waals surface area contributed by atoms with Crippen LogP contribution in [0, 0.1) is 5.92 Å². The van der Waals surface area contributed by atoms with Gasteiger partial charge in [-0.05, 0) is 30.4 Å². The van der Waals surface area contributed by atoms with Crippen LogP contribution in [0.4, 0.5) is 0 Å². The Labute approximate surface area is 154 Å². The molecule has 5 nitrogen and oxygen atoms in total. The highest BCUT2D eigenvalue weighted by molar-refractivity contribution is 6.00. The Kier molecular flexibility index (Phi) is 4.35. The Balaban J connectivity index is 1.73. The van der Waals surface area contributed by atoms with Crippen molar-refractivity contribution in [3.8, 4) is 11.3 Å². The van der Waals surface area contributed by atoms with Crippen LogP contribution < -0.4 is 5.32 Å². The van der Waals surface area contributed by atoms with E-state index in [9.17, 15) is 4.79 Å². The minimum Gasteiger partial charge on any atom is -0.381 e. The van der Waals surface area contributed by atoms with Crippen molar-refractivity contribution in [3.63, 3.8) is 0 Å². The van der Waals surface area contributed by atoms with E-state index in [0.717, 1.165) is 60.8 Å². The summed E-state index contributed by atoms with van der Waals surface area (Å²) < 4.78 is 7.83. The lowest BCUT2D eigenvalue weighted by Gasteiger charge is -2.25. The van der Waals surface area contributed by atoms with Gasteiger partial charge >= 0.3 is 0 Å². The number of fused-ring (bicyclic) bond motifs is 1. The van der Waals surface area contributed by atoms with Crippen molar-refractivity contribution in [2.45, 2.75) is 52.1 Å². The molecule has 1 aromatic heterocycles. The maximum atomic E-state index is 12.0. The fraction of sp³-hybridized carbons (Fsp3) is 0.524. The van der Waals surface area contributed by atoms with Gasteiger partial charge in [0.1, 0.15) is 5.82 Å². The van der Waals surface area contributed by atoms with Gasteiger partial charge in [-0.25, -0.2) is 4.98 Å². The number of nitrogens with one attached hydrogen (secondary N) is 1. The summed E-state index contributed by atoms with van der Waals surface area (Å²) in [6, 6.07) is 5.92. The quantitative estimate of drug-likeness (QED) is 0.918. The molecule has 1 fully saturated rings. The van der Waals surface area contributed by atoms with Gasteiger partial charge in [0.15, 0.2) is 0 Å². The monoisotopic (exact) mass is 353 g/mol. The van der Waals surface area contributed by atoms with Crippen LogP contribution in [-0.2, 0) is 23.2 Å². The van der Waals surface area contributed by atoms with E-state index in [0.29, 0.717) is 12.5 Å². The predicted octanol–water partition coefficient (Wildman–Crippen LogP) is 3.52. The van der Waals surface area contributed by atoms with Crippen LogP contribution in [0.15, 0.2) is 24.4 Å². The molecule has 1 saturated heterocycles. The lowest BCUT2D eigenvalue weighted by Crippen LogP contribution is -2.24. The van der Waals surface area contributed by atoms with Gasteiger partial charge in [-0.3, -0.25) is 4.79 Å². The summed E-state index contributed by atoms with van der Waals surface area (Å²) in [5.41, 5.74) is 3.84. The van der Waals surface area contributed by atoms with Crippen molar-refractivity contribution >= 4 is 5.91 Å². The van der Waals surface area contributed by atoms with E-state index in [1.54, 1.807) is 0 Å². The van der Waals surface area contributed by atoms with E-state index in [-0.39, 0.29) is 11.3 Å². The first-order valence-corrected chi connectivity index (χ1v) is 9.49. The van der Waals surface area contributed by atoms with E-state index in [1.807, 2.05) is 12.1 Å². The zero-order chi connectivity index (χ0) is 18.3. The third-order valence-electron chi connectivity index (χ3n) is 5.37. The topological polar surface area (TPSA) is 56.2 Å². The molecule has 1 aromatic carbocycles. The average molecular weight is 353 g/mol. The minimum atomic E-state index is -0.0323. The number of rotatable bonds is 3. The van der Waals surface area contributed by atoms with Gasteiger partial charge in [0.05, 0.1) is 5.69 Å². The van der Waals surface area contributed by atoms with E-state index < -0.39 is 0 Å². The summed E-state index contributed by atoms with van der Waals surface area (Å²) in [5.74, 6) is 1.75. The zero-order valence-corrected chi connectivity index (χ0v) is 15.8. The summed E-state index contributed by atoms with van der Waals surface area (Å²) in [6.45, 7) is 9.91. The molecule has 26 heavy (non-hydrogen) atoms. The van der Waals surface area contributed by atoms with Crippen LogP contribution in [0.1, 0.15) is 55.4 Å². The molecule has 3 heterocycles. The number of imidazole rings is 1. The average Bonchev–Trinajstić information content (AvgIpc) is 3.20. The summed E-state index contributed by atoms with van der Waals surface area (Å²) in [6.07, 6.45) is 4.39. The number of hydrogen-bond acceptors (Lipinski definition) is 3. The molecule has 1 amide bonds.